The van der Waals surface area contributed by atoms with Gasteiger partial charge in [0, 0.05) is 31.0 Å². The molecular formula is C20H20N6O4. The Morgan fingerprint density at radius 1 is 1.20 bits per heavy atom. The van der Waals surface area contributed by atoms with Crippen LogP contribution in [0.25, 0.3) is 11.1 Å². The second-order valence-corrected chi connectivity index (χ2v) is 8.16. The molecule has 30 heavy (non-hydrogen) atoms. The minimum Gasteiger partial charge on any atom is -0.478 e. The first-order valence-electron chi connectivity index (χ1n) is 9.71. The molecule has 2 aliphatic rings. The standard InChI is InChI=1S/C20H20N6O4/c1-10-13(14-16(25-20(2)3-4-20)23-9-24-17(14)30-10)18(27)26-7-12(8-26)15-21-5-11(6-22-15)19(28)29/h5-6,9,12H,3-4,7-8H2,1-2H3,(H,28,29)(H,23,24,25). The van der Waals surface area contributed by atoms with Crippen molar-refractivity contribution in [1.82, 2.24) is 24.8 Å². The van der Waals surface area contributed by atoms with E-state index in [-0.39, 0.29) is 22.9 Å². The highest BCUT2D eigenvalue weighted by Crippen LogP contribution is 2.40. The van der Waals surface area contributed by atoms with Gasteiger partial charge in [0.2, 0.25) is 5.71 Å². The number of anilines is 1. The average Bonchev–Trinajstić information content (AvgIpc) is 3.29. The number of likely N-dealkylation sites (tertiary alicyclic amines) is 1. The monoisotopic (exact) mass is 408 g/mol. The molecule has 1 aliphatic carbocycles. The number of furan rings is 1. The van der Waals surface area contributed by atoms with E-state index in [1.165, 1.54) is 18.7 Å². The number of carboxylic acids is 1. The Morgan fingerprint density at radius 2 is 1.90 bits per heavy atom. The Morgan fingerprint density at radius 3 is 2.53 bits per heavy atom. The lowest BCUT2D eigenvalue weighted by Crippen LogP contribution is -2.49. The fourth-order valence-electron chi connectivity index (χ4n) is 3.62. The highest BCUT2D eigenvalue weighted by Gasteiger charge is 2.40. The van der Waals surface area contributed by atoms with Crippen molar-refractivity contribution < 1.29 is 19.1 Å². The van der Waals surface area contributed by atoms with Crippen LogP contribution in [0.4, 0.5) is 5.82 Å². The molecule has 1 aliphatic heterocycles. The summed E-state index contributed by atoms with van der Waals surface area (Å²) in [7, 11) is 0. The zero-order valence-electron chi connectivity index (χ0n) is 16.5. The number of aryl methyl sites for hydroxylation is 1. The van der Waals surface area contributed by atoms with Gasteiger partial charge in [-0.1, -0.05) is 0 Å². The number of hydrogen-bond acceptors (Lipinski definition) is 8. The SMILES string of the molecule is Cc1oc2ncnc(NC3(C)CC3)c2c1C(=O)N1CC(c2ncc(C(=O)O)cn2)C1. The molecule has 1 saturated heterocycles. The number of nitrogens with one attached hydrogen (secondary N) is 1. The quantitative estimate of drug-likeness (QED) is 0.651. The van der Waals surface area contributed by atoms with Gasteiger partial charge in [-0.05, 0) is 26.7 Å². The van der Waals surface area contributed by atoms with E-state index >= 15 is 0 Å². The number of carboxylic acid groups (broad SMARTS) is 1. The van der Waals surface area contributed by atoms with Crippen molar-refractivity contribution in [1.29, 1.82) is 0 Å². The van der Waals surface area contributed by atoms with Crippen LogP contribution in [-0.4, -0.2) is 60.4 Å². The van der Waals surface area contributed by atoms with E-state index in [1.54, 1.807) is 11.8 Å². The molecule has 1 saturated carbocycles. The van der Waals surface area contributed by atoms with E-state index in [2.05, 4.69) is 32.2 Å². The Kier molecular flexibility index (Phi) is 3.99. The molecule has 3 aromatic heterocycles. The zero-order chi connectivity index (χ0) is 21.0. The maximum absolute atomic E-state index is 13.2. The lowest BCUT2D eigenvalue weighted by Gasteiger charge is -2.38. The minimum atomic E-state index is -1.07. The summed E-state index contributed by atoms with van der Waals surface area (Å²) in [4.78, 5) is 42.7. The van der Waals surface area contributed by atoms with Gasteiger partial charge >= 0.3 is 5.97 Å². The van der Waals surface area contributed by atoms with Gasteiger partial charge in [-0.3, -0.25) is 4.79 Å². The smallest absolute Gasteiger partial charge is 0.338 e. The topological polar surface area (TPSA) is 134 Å². The second-order valence-electron chi connectivity index (χ2n) is 8.16. The van der Waals surface area contributed by atoms with E-state index in [0.29, 0.717) is 47.2 Å². The maximum atomic E-state index is 13.2. The summed E-state index contributed by atoms with van der Waals surface area (Å²) < 4.78 is 5.74. The Labute approximate surface area is 171 Å². The molecule has 10 heteroatoms. The third-order valence-electron chi connectivity index (χ3n) is 5.75. The Balaban J connectivity index is 1.38. The predicted molar refractivity (Wildman–Crippen MR) is 105 cm³/mol. The Hall–Kier alpha value is -3.56. The molecule has 0 spiro atoms. The summed E-state index contributed by atoms with van der Waals surface area (Å²) >= 11 is 0. The number of hydrogen-bond donors (Lipinski definition) is 2. The number of aromatic nitrogens is 4. The predicted octanol–water partition coefficient (Wildman–Crippen LogP) is 2.22. The van der Waals surface area contributed by atoms with Crippen molar-refractivity contribution in [2.75, 3.05) is 18.4 Å². The van der Waals surface area contributed by atoms with E-state index in [0.717, 1.165) is 12.8 Å². The molecule has 0 bridgehead atoms. The number of nitrogens with zero attached hydrogens (tertiary/aromatic N) is 5. The highest BCUT2D eigenvalue weighted by atomic mass is 16.4. The second kappa shape index (κ2) is 6.48. The van der Waals surface area contributed by atoms with E-state index in [9.17, 15) is 9.59 Å². The van der Waals surface area contributed by atoms with Crippen LogP contribution in [0.1, 0.15) is 58.0 Å². The van der Waals surface area contributed by atoms with Crippen LogP contribution in [0.3, 0.4) is 0 Å². The number of carbonyl (C=O) groups is 2. The van der Waals surface area contributed by atoms with Gasteiger partial charge in [-0.15, -0.1) is 0 Å². The molecule has 4 heterocycles. The van der Waals surface area contributed by atoms with E-state index in [4.69, 9.17) is 9.52 Å². The summed E-state index contributed by atoms with van der Waals surface area (Å²) in [6.07, 6.45) is 6.11. The van der Waals surface area contributed by atoms with Gasteiger partial charge in [-0.2, -0.15) is 0 Å². The van der Waals surface area contributed by atoms with Crippen molar-refractivity contribution >= 4 is 28.8 Å². The van der Waals surface area contributed by atoms with Gasteiger partial charge in [0.05, 0.1) is 22.4 Å². The van der Waals surface area contributed by atoms with Crippen LogP contribution in [0.15, 0.2) is 23.1 Å². The molecule has 2 N–H and O–H groups in total. The van der Waals surface area contributed by atoms with E-state index < -0.39 is 5.97 Å². The van der Waals surface area contributed by atoms with Crippen LogP contribution in [0.2, 0.25) is 0 Å². The molecule has 0 atom stereocenters. The third-order valence-corrected chi connectivity index (χ3v) is 5.75. The van der Waals surface area contributed by atoms with Crippen molar-refractivity contribution in [3.8, 4) is 0 Å². The number of carbonyl (C=O) groups excluding carboxylic acids is 1. The van der Waals surface area contributed by atoms with Crippen LogP contribution < -0.4 is 5.32 Å². The molecule has 5 rings (SSSR count). The summed E-state index contributed by atoms with van der Waals surface area (Å²) in [5.41, 5.74) is 0.893. The minimum absolute atomic E-state index is 0.00587. The van der Waals surface area contributed by atoms with Gasteiger partial charge in [0.1, 0.15) is 23.7 Å². The molecule has 10 nitrogen and oxygen atoms in total. The number of aromatic carboxylic acids is 1. The van der Waals surface area contributed by atoms with Gasteiger partial charge in [-0.25, -0.2) is 24.7 Å². The largest absolute Gasteiger partial charge is 0.478 e. The van der Waals surface area contributed by atoms with Crippen LogP contribution in [0.5, 0.6) is 0 Å². The maximum Gasteiger partial charge on any atom is 0.338 e. The molecule has 0 radical (unpaired) electrons. The molecule has 3 aromatic rings. The molecule has 1 amide bonds. The van der Waals surface area contributed by atoms with Crippen molar-refractivity contribution in [2.24, 2.45) is 0 Å². The molecular weight excluding hydrogens is 388 g/mol. The lowest BCUT2D eigenvalue weighted by atomic mass is 9.97. The fraction of sp³-hybridized carbons (Fsp3) is 0.400. The normalized spacial score (nSPS) is 17.6. The number of rotatable bonds is 5. The van der Waals surface area contributed by atoms with Gasteiger partial charge in [0.15, 0.2) is 0 Å². The van der Waals surface area contributed by atoms with Crippen LogP contribution in [-0.2, 0) is 0 Å². The summed E-state index contributed by atoms with van der Waals surface area (Å²) in [5, 5.41) is 13.0. The highest BCUT2D eigenvalue weighted by molar-refractivity contribution is 6.10. The third kappa shape index (κ3) is 3.04. The van der Waals surface area contributed by atoms with Crippen LogP contribution in [0, 0.1) is 6.92 Å². The molecule has 2 fully saturated rings. The first-order valence-corrected chi connectivity index (χ1v) is 9.71. The first kappa shape index (κ1) is 18.5. The molecule has 0 unspecified atom stereocenters. The van der Waals surface area contributed by atoms with Crippen LogP contribution >= 0.6 is 0 Å². The Bertz CT molecular complexity index is 1160. The number of fused-ring (bicyclic) bond motifs is 1. The van der Waals surface area contributed by atoms with Gasteiger partial charge in [0.25, 0.3) is 5.91 Å². The number of amides is 1. The molecule has 0 aromatic carbocycles. The average molecular weight is 408 g/mol. The first-order chi connectivity index (χ1) is 14.3. The molecule has 154 valence electrons. The summed E-state index contributed by atoms with van der Waals surface area (Å²) in [6.45, 7) is 4.77. The van der Waals surface area contributed by atoms with Crippen molar-refractivity contribution in [2.45, 2.75) is 38.1 Å². The fourth-order valence-corrected chi connectivity index (χ4v) is 3.62. The van der Waals surface area contributed by atoms with Crippen molar-refractivity contribution in [3.05, 3.63) is 41.4 Å². The summed E-state index contributed by atoms with van der Waals surface area (Å²) in [6, 6.07) is 0. The van der Waals surface area contributed by atoms with Gasteiger partial charge < -0.3 is 19.7 Å². The zero-order valence-corrected chi connectivity index (χ0v) is 16.5. The summed E-state index contributed by atoms with van der Waals surface area (Å²) in [5.74, 6) is 0.402. The van der Waals surface area contributed by atoms with Crippen molar-refractivity contribution in [3.63, 3.8) is 0 Å². The lowest BCUT2D eigenvalue weighted by molar-refractivity contribution is 0.0594. The van der Waals surface area contributed by atoms with E-state index in [1.807, 2.05) is 0 Å².